The minimum atomic E-state index is 0.843. The standard InChI is InChI=1S/C17H17N3/c1-13-4-2-3-5-15(13)10-19-16-8-6-14(7-9-16)17-11-18-12-20-17/h2-9,11-12,19H,10H2,1H3,(H,18,20). The molecule has 2 aromatic carbocycles. The lowest BCUT2D eigenvalue weighted by Gasteiger charge is -2.09. The van der Waals surface area contributed by atoms with Crippen LogP contribution in [0.5, 0.6) is 0 Å². The van der Waals surface area contributed by atoms with Crippen LogP contribution in [0.2, 0.25) is 0 Å². The van der Waals surface area contributed by atoms with Crippen LogP contribution in [0.15, 0.2) is 61.1 Å². The van der Waals surface area contributed by atoms with E-state index in [9.17, 15) is 0 Å². The number of nitrogens with one attached hydrogen (secondary N) is 2. The molecule has 1 heterocycles. The summed E-state index contributed by atoms with van der Waals surface area (Å²) in [5.74, 6) is 0. The third kappa shape index (κ3) is 2.72. The minimum Gasteiger partial charge on any atom is -0.381 e. The first-order chi connectivity index (χ1) is 9.83. The molecule has 0 saturated heterocycles. The summed E-state index contributed by atoms with van der Waals surface area (Å²) >= 11 is 0. The SMILES string of the molecule is Cc1ccccc1CNc1ccc(-c2cnc[nH]2)cc1. The minimum absolute atomic E-state index is 0.843. The van der Waals surface area contributed by atoms with Crippen LogP contribution in [0.25, 0.3) is 11.3 Å². The maximum atomic E-state index is 4.04. The van der Waals surface area contributed by atoms with Crippen LogP contribution in [0.3, 0.4) is 0 Å². The van der Waals surface area contributed by atoms with Crippen LogP contribution < -0.4 is 5.32 Å². The van der Waals surface area contributed by atoms with E-state index in [0.717, 1.165) is 23.5 Å². The second-order valence-corrected chi connectivity index (χ2v) is 4.82. The molecular weight excluding hydrogens is 246 g/mol. The average molecular weight is 263 g/mol. The Morgan fingerprint density at radius 2 is 1.85 bits per heavy atom. The van der Waals surface area contributed by atoms with Crippen molar-refractivity contribution in [2.24, 2.45) is 0 Å². The molecule has 0 unspecified atom stereocenters. The maximum absolute atomic E-state index is 4.04. The third-order valence-electron chi connectivity index (χ3n) is 3.44. The van der Waals surface area contributed by atoms with Crippen molar-refractivity contribution in [1.29, 1.82) is 0 Å². The summed E-state index contributed by atoms with van der Waals surface area (Å²) in [6, 6.07) is 16.8. The Morgan fingerprint density at radius 1 is 1.05 bits per heavy atom. The Morgan fingerprint density at radius 3 is 2.55 bits per heavy atom. The molecule has 0 atom stereocenters. The van der Waals surface area contributed by atoms with E-state index in [-0.39, 0.29) is 0 Å². The largest absolute Gasteiger partial charge is 0.381 e. The van der Waals surface area contributed by atoms with Gasteiger partial charge in [-0.2, -0.15) is 0 Å². The number of nitrogens with zero attached hydrogens (tertiary/aromatic N) is 1. The zero-order chi connectivity index (χ0) is 13.8. The molecule has 0 saturated carbocycles. The lowest BCUT2D eigenvalue weighted by molar-refractivity contribution is 1.12. The average Bonchev–Trinajstić information content (AvgIpc) is 3.01. The van der Waals surface area contributed by atoms with Crippen molar-refractivity contribution in [2.45, 2.75) is 13.5 Å². The highest BCUT2D eigenvalue weighted by atomic mass is 14.9. The Balaban J connectivity index is 1.68. The summed E-state index contributed by atoms with van der Waals surface area (Å²) in [6.45, 7) is 2.98. The highest BCUT2D eigenvalue weighted by Crippen LogP contribution is 2.19. The van der Waals surface area contributed by atoms with Gasteiger partial charge in [-0.15, -0.1) is 0 Å². The number of anilines is 1. The van der Waals surface area contributed by atoms with E-state index in [2.05, 4.69) is 70.7 Å². The van der Waals surface area contributed by atoms with Gasteiger partial charge in [0.15, 0.2) is 0 Å². The number of rotatable bonds is 4. The number of imidazole rings is 1. The molecule has 0 aliphatic carbocycles. The van der Waals surface area contributed by atoms with Crippen molar-refractivity contribution < 1.29 is 0 Å². The zero-order valence-corrected chi connectivity index (χ0v) is 11.4. The van der Waals surface area contributed by atoms with E-state index in [1.54, 1.807) is 6.33 Å². The number of aromatic nitrogens is 2. The molecule has 0 aliphatic rings. The van der Waals surface area contributed by atoms with Crippen molar-refractivity contribution >= 4 is 5.69 Å². The molecule has 3 nitrogen and oxygen atoms in total. The first-order valence-electron chi connectivity index (χ1n) is 6.70. The molecule has 0 amide bonds. The van der Waals surface area contributed by atoms with Gasteiger partial charge >= 0.3 is 0 Å². The van der Waals surface area contributed by atoms with E-state index in [1.165, 1.54) is 11.1 Å². The smallest absolute Gasteiger partial charge is 0.0924 e. The Kier molecular flexibility index (Phi) is 3.50. The fourth-order valence-electron chi connectivity index (χ4n) is 2.19. The van der Waals surface area contributed by atoms with Crippen LogP contribution >= 0.6 is 0 Å². The number of aromatic amines is 1. The fourth-order valence-corrected chi connectivity index (χ4v) is 2.19. The van der Waals surface area contributed by atoms with Gasteiger partial charge in [0.2, 0.25) is 0 Å². The van der Waals surface area contributed by atoms with E-state index in [1.807, 2.05) is 6.20 Å². The number of H-pyrrole nitrogens is 1. The van der Waals surface area contributed by atoms with Crippen LogP contribution in [0.4, 0.5) is 5.69 Å². The van der Waals surface area contributed by atoms with E-state index in [0.29, 0.717) is 0 Å². The van der Waals surface area contributed by atoms with Gasteiger partial charge in [-0.05, 0) is 35.7 Å². The molecule has 0 radical (unpaired) electrons. The quantitative estimate of drug-likeness (QED) is 0.747. The van der Waals surface area contributed by atoms with E-state index in [4.69, 9.17) is 0 Å². The second-order valence-electron chi connectivity index (χ2n) is 4.82. The summed E-state index contributed by atoms with van der Waals surface area (Å²) in [7, 11) is 0. The summed E-state index contributed by atoms with van der Waals surface area (Å²) < 4.78 is 0. The lowest BCUT2D eigenvalue weighted by Crippen LogP contribution is -2.00. The van der Waals surface area contributed by atoms with E-state index < -0.39 is 0 Å². The first kappa shape index (κ1) is 12.5. The molecule has 20 heavy (non-hydrogen) atoms. The molecule has 0 spiro atoms. The summed E-state index contributed by atoms with van der Waals surface area (Å²) in [5.41, 5.74) is 5.94. The van der Waals surface area contributed by atoms with Gasteiger partial charge in [-0.25, -0.2) is 4.98 Å². The molecule has 0 aliphatic heterocycles. The number of hydrogen-bond donors (Lipinski definition) is 2. The lowest BCUT2D eigenvalue weighted by atomic mass is 10.1. The molecule has 3 rings (SSSR count). The van der Waals surface area contributed by atoms with Gasteiger partial charge in [-0.3, -0.25) is 0 Å². The Bertz CT molecular complexity index is 670. The van der Waals surface area contributed by atoms with Crippen LogP contribution in [-0.2, 0) is 6.54 Å². The normalized spacial score (nSPS) is 10.4. The zero-order valence-electron chi connectivity index (χ0n) is 11.4. The summed E-state index contributed by atoms with van der Waals surface area (Å²) in [6.07, 6.45) is 3.52. The molecule has 100 valence electrons. The topological polar surface area (TPSA) is 40.7 Å². The molecular formula is C17H17N3. The predicted octanol–water partition coefficient (Wildman–Crippen LogP) is 4.00. The first-order valence-corrected chi connectivity index (χ1v) is 6.70. The van der Waals surface area contributed by atoms with Crippen molar-refractivity contribution in [3.63, 3.8) is 0 Å². The van der Waals surface area contributed by atoms with Crippen LogP contribution in [0.1, 0.15) is 11.1 Å². The molecule has 2 N–H and O–H groups in total. The maximum Gasteiger partial charge on any atom is 0.0924 e. The fraction of sp³-hybridized carbons (Fsp3) is 0.118. The highest BCUT2D eigenvalue weighted by molar-refractivity contribution is 5.61. The van der Waals surface area contributed by atoms with Crippen LogP contribution in [-0.4, -0.2) is 9.97 Å². The van der Waals surface area contributed by atoms with Crippen molar-refractivity contribution in [1.82, 2.24) is 9.97 Å². The second kappa shape index (κ2) is 5.61. The Labute approximate surface area is 118 Å². The van der Waals surface area contributed by atoms with E-state index >= 15 is 0 Å². The summed E-state index contributed by atoms with van der Waals surface area (Å²) in [4.78, 5) is 7.14. The van der Waals surface area contributed by atoms with Gasteiger partial charge in [0, 0.05) is 12.2 Å². The predicted molar refractivity (Wildman–Crippen MR) is 82.5 cm³/mol. The molecule has 0 fully saturated rings. The van der Waals surface area contributed by atoms with Gasteiger partial charge in [0.1, 0.15) is 0 Å². The number of hydrogen-bond acceptors (Lipinski definition) is 2. The third-order valence-corrected chi connectivity index (χ3v) is 3.44. The van der Waals surface area contributed by atoms with Crippen molar-refractivity contribution in [3.8, 4) is 11.3 Å². The molecule has 3 aromatic rings. The van der Waals surface area contributed by atoms with Gasteiger partial charge in [0.25, 0.3) is 0 Å². The number of benzene rings is 2. The molecule has 0 bridgehead atoms. The van der Waals surface area contributed by atoms with Gasteiger partial charge in [-0.1, -0.05) is 36.4 Å². The molecule has 1 aromatic heterocycles. The Hall–Kier alpha value is -2.55. The van der Waals surface area contributed by atoms with Crippen molar-refractivity contribution in [3.05, 3.63) is 72.2 Å². The van der Waals surface area contributed by atoms with Gasteiger partial charge in [0.05, 0.1) is 18.2 Å². The van der Waals surface area contributed by atoms with Crippen molar-refractivity contribution in [2.75, 3.05) is 5.32 Å². The van der Waals surface area contributed by atoms with Gasteiger partial charge < -0.3 is 10.3 Å². The monoisotopic (exact) mass is 263 g/mol. The van der Waals surface area contributed by atoms with Crippen LogP contribution in [0, 0.1) is 6.92 Å². The highest BCUT2D eigenvalue weighted by Gasteiger charge is 2.00. The molecule has 3 heteroatoms. The number of aryl methyl sites for hydroxylation is 1. The summed E-state index contributed by atoms with van der Waals surface area (Å²) in [5, 5.41) is 3.45.